The maximum absolute atomic E-state index is 11.6. The molecular formula is C24H32O4. The molecule has 1 fully saturated rings. The Hall–Kier alpha value is -1.81. The first-order valence-corrected chi connectivity index (χ1v) is 10.5. The lowest BCUT2D eigenvalue weighted by Gasteiger charge is -2.58. The molecular weight excluding hydrogens is 352 g/mol. The van der Waals surface area contributed by atoms with E-state index in [2.05, 4.69) is 33.8 Å². The van der Waals surface area contributed by atoms with Crippen molar-refractivity contribution in [1.82, 2.24) is 0 Å². The van der Waals surface area contributed by atoms with Crippen LogP contribution in [-0.2, 0) is 14.3 Å². The SMILES string of the molecule is CC1=CCC2C(C)(C)C(O)CCC2(C)C1COC1=CC2OC(=O)CC=C2C=C1. The zero-order chi connectivity index (χ0) is 20.1. The third kappa shape index (κ3) is 3.16. The van der Waals surface area contributed by atoms with Crippen LogP contribution in [0.25, 0.3) is 0 Å². The van der Waals surface area contributed by atoms with Crippen LogP contribution in [0.1, 0.15) is 53.4 Å². The standard InChI is InChI=1S/C24H32O4/c1-15-5-9-20-23(2,3)21(25)11-12-24(20,4)18(15)14-27-17-8-6-16-7-10-22(26)28-19(16)13-17/h5-8,13,18-21,25H,9-12,14H2,1-4H3. The number of ether oxygens (including phenoxy) is 2. The Bertz CT molecular complexity index is 784. The first-order valence-electron chi connectivity index (χ1n) is 10.5. The van der Waals surface area contributed by atoms with Crippen molar-refractivity contribution in [3.63, 3.8) is 0 Å². The fourth-order valence-corrected chi connectivity index (χ4v) is 5.88. The molecule has 0 aromatic heterocycles. The highest BCUT2D eigenvalue weighted by atomic mass is 16.5. The zero-order valence-corrected chi connectivity index (χ0v) is 17.4. The van der Waals surface area contributed by atoms with Crippen LogP contribution in [0.2, 0.25) is 0 Å². The van der Waals surface area contributed by atoms with Gasteiger partial charge in [0.05, 0.1) is 19.1 Å². The van der Waals surface area contributed by atoms with E-state index in [4.69, 9.17) is 9.47 Å². The van der Waals surface area contributed by atoms with Gasteiger partial charge in [0, 0.05) is 12.0 Å². The van der Waals surface area contributed by atoms with E-state index < -0.39 is 0 Å². The van der Waals surface area contributed by atoms with Gasteiger partial charge in [0.2, 0.25) is 0 Å². The Morgan fingerprint density at radius 2 is 2.04 bits per heavy atom. The molecule has 4 heteroatoms. The van der Waals surface area contributed by atoms with Crippen molar-refractivity contribution < 1.29 is 19.4 Å². The minimum atomic E-state index is -0.323. The lowest BCUT2D eigenvalue weighted by Crippen LogP contribution is -2.54. The molecule has 0 spiro atoms. The number of rotatable bonds is 3. The van der Waals surface area contributed by atoms with Gasteiger partial charge in [-0.3, -0.25) is 4.79 Å². The average Bonchev–Trinajstić information content (AvgIpc) is 2.64. The van der Waals surface area contributed by atoms with Crippen LogP contribution in [-0.4, -0.2) is 29.9 Å². The highest BCUT2D eigenvalue weighted by molar-refractivity contribution is 5.74. The van der Waals surface area contributed by atoms with Crippen LogP contribution >= 0.6 is 0 Å². The normalized spacial score (nSPS) is 39.0. The van der Waals surface area contributed by atoms with E-state index in [0.29, 0.717) is 24.9 Å². The van der Waals surface area contributed by atoms with Crippen molar-refractivity contribution in [1.29, 1.82) is 0 Å². The second-order valence-corrected chi connectivity index (χ2v) is 9.70. The van der Waals surface area contributed by atoms with E-state index in [0.717, 1.165) is 30.6 Å². The van der Waals surface area contributed by atoms with Crippen molar-refractivity contribution >= 4 is 5.97 Å². The summed E-state index contributed by atoms with van der Waals surface area (Å²) in [5.74, 6) is 1.33. The Morgan fingerprint density at radius 1 is 1.25 bits per heavy atom. The van der Waals surface area contributed by atoms with Crippen LogP contribution in [0.5, 0.6) is 0 Å². The molecule has 5 unspecified atom stereocenters. The number of carbonyl (C=O) groups excluding carboxylic acids is 1. The number of fused-ring (bicyclic) bond motifs is 2. The molecule has 0 amide bonds. The van der Waals surface area contributed by atoms with Gasteiger partial charge in [-0.2, -0.15) is 0 Å². The van der Waals surface area contributed by atoms with Gasteiger partial charge in [0.15, 0.2) is 0 Å². The van der Waals surface area contributed by atoms with Crippen molar-refractivity contribution in [2.24, 2.45) is 22.7 Å². The largest absolute Gasteiger partial charge is 0.493 e. The molecule has 0 saturated heterocycles. The summed E-state index contributed by atoms with van der Waals surface area (Å²) in [6.07, 6.45) is 12.8. The van der Waals surface area contributed by atoms with Crippen LogP contribution in [0.15, 0.2) is 47.3 Å². The summed E-state index contributed by atoms with van der Waals surface area (Å²) in [5, 5.41) is 10.6. The number of allylic oxidation sites excluding steroid dienone is 2. The maximum Gasteiger partial charge on any atom is 0.310 e. The van der Waals surface area contributed by atoms with Gasteiger partial charge in [-0.25, -0.2) is 0 Å². The first-order chi connectivity index (χ1) is 13.2. The van der Waals surface area contributed by atoms with Gasteiger partial charge in [0.1, 0.15) is 11.9 Å². The molecule has 0 aromatic rings. The van der Waals surface area contributed by atoms with Gasteiger partial charge < -0.3 is 14.6 Å². The van der Waals surface area contributed by atoms with Crippen molar-refractivity contribution in [2.75, 3.05) is 6.61 Å². The van der Waals surface area contributed by atoms with Crippen molar-refractivity contribution in [2.45, 2.75) is 65.6 Å². The quantitative estimate of drug-likeness (QED) is 0.576. The smallest absolute Gasteiger partial charge is 0.310 e. The van der Waals surface area contributed by atoms with E-state index in [9.17, 15) is 9.90 Å². The molecule has 4 rings (SSSR count). The molecule has 0 aromatic carbocycles. The molecule has 4 nitrogen and oxygen atoms in total. The number of esters is 1. The maximum atomic E-state index is 11.6. The fraction of sp³-hybridized carbons (Fsp3) is 0.625. The molecule has 152 valence electrons. The Labute approximate surface area is 168 Å². The summed E-state index contributed by atoms with van der Waals surface area (Å²) >= 11 is 0. The third-order valence-electron chi connectivity index (χ3n) is 7.79. The second-order valence-electron chi connectivity index (χ2n) is 9.70. The monoisotopic (exact) mass is 384 g/mol. The van der Waals surface area contributed by atoms with Crippen LogP contribution < -0.4 is 0 Å². The highest BCUT2D eigenvalue weighted by Gasteiger charge is 2.55. The third-order valence-corrected chi connectivity index (χ3v) is 7.79. The van der Waals surface area contributed by atoms with Crippen LogP contribution in [0.4, 0.5) is 0 Å². The Morgan fingerprint density at radius 3 is 2.82 bits per heavy atom. The number of hydrogen-bond donors (Lipinski definition) is 1. The molecule has 3 aliphatic carbocycles. The molecule has 1 heterocycles. The zero-order valence-electron chi connectivity index (χ0n) is 17.4. The minimum absolute atomic E-state index is 0.0948. The topological polar surface area (TPSA) is 55.8 Å². The van der Waals surface area contributed by atoms with E-state index >= 15 is 0 Å². The Kier molecular flexibility index (Phi) is 4.81. The highest BCUT2D eigenvalue weighted by Crippen LogP contribution is 2.59. The van der Waals surface area contributed by atoms with Crippen molar-refractivity contribution in [3.05, 3.63) is 47.3 Å². The van der Waals surface area contributed by atoms with Gasteiger partial charge in [-0.1, -0.05) is 44.6 Å². The first kappa shape index (κ1) is 19.5. The van der Waals surface area contributed by atoms with E-state index in [-0.39, 0.29) is 29.0 Å². The fourth-order valence-electron chi connectivity index (χ4n) is 5.88. The van der Waals surface area contributed by atoms with Gasteiger partial charge in [0.25, 0.3) is 0 Å². The number of aliphatic hydroxyl groups excluding tert-OH is 1. The van der Waals surface area contributed by atoms with Gasteiger partial charge in [-0.15, -0.1) is 0 Å². The van der Waals surface area contributed by atoms with Crippen molar-refractivity contribution in [3.8, 4) is 0 Å². The second kappa shape index (κ2) is 6.91. The summed E-state index contributed by atoms with van der Waals surface area (Å²) in [4.78, 5) is 11.6. The molecule has 5 atom stereocenters. The number of aliphatic hydroxyl groups is 1. The van der Waals surface area contributed by atoms with E-state index in [1.54, 1.807) is 0 Å². The van der Waals surface area contributed by atoms with Gasteiger partial charge >= 0.3 is 5.97 Å². The Balaban J connectivity index is 1.51. The minimum Gasteiger partial charge on any atom is -0.493 e. The summed E-state index contributed by atoms with van der Waals surface area (Å²) in [7, 11) is 0. The molecule has 0 radical (unpaired) electrons. The van der Waals surface area contributed by atoms with Gasteiger partial charge in [-0.05, 0) is 54.6 Å². The number of carbonyl (C=O) groups is 1. The summed E-state index contributed by atoms with van der Waals surface area (Å²) in [5.41, 5.74) is 2.43. The average molecular weight is 385 g/mol. The predicted octanol–water partition coefficient (Wildman–Crippen LogP) is 4.47. The molecule has 0 bridgehead atoms. The van der Waals surface area contributed by atoms with Crippen LogP contribution in [0, 0.1) is 22.7 Å². The lowest BCUT2D eigenvalue weighted by molar-refractivity contribution is -0.145. The molecule has 1 aliphatic heterocycles. The number of hydrogen-bond acceptors (Lipinski definition) is 4. The van der Waals surface area contributed by atoms with E-state index in [1.807, 2.05) is 24.3 Å². The molecule has 1 saturated carbocycles. The predicted molar refractivity (Wildman–Crippen MR) is 108 cm³/mol. The summed E-state index contributed by atoms with van der Waals surface area (Å²) in [6, 6.07) is 0. The molecule has 1 N–H and O–H groups in total. The van der Waals surface area contributed by atoms with Crippen LogP contribution in [0.3, 0.4) is 0 Å². The molecule has 28 heavy (non-hydrogen) atoms. The summed E-state index contributed by atoms with van der Waals surface area (Å²) < 4.78 is 11.7. The summed E-state index contributed by atoms with van der Waals surface area (Å²) in [6.45, 7) is 9.62. The molecule has 4 aliphatic rings. The van der Waals surface area contributed by atoms with E-state index in [1.165, 1.54) is 5.57 Å². The lowest BCUT2D eigenvalue weighted by atomic mass is 9.48.